The Kier molecular flexibility index (Phi) is 3.56. The fourth-order valence-corrected chi connectivity index (χ4v) is 3.75. The van der Waals surface area contributed by atoms with Gasteiger partial charge in [0.25, 0.3) is 0 Å². The van der Waals surface area contributed by atoms with Gasteiger partial charge >= 0.3 is 0 Å². The van der Waals surface area contributed by atoms with E-state index in [4.69, 9.17) is 0 Å². The van der Waals surface area contributed by atoms with Crippen LogP contribution in [-0.2, 0) is 0 Å². The molecule has 0 amide bonds. The average Bonchev–Trinajstić information content (AvgIpc) is 2.72. The fourth-order valence-electron chi connectivity index (χ4n) is 2.54. The van der Waals surface area contributed by atoms with Crippen LogP contribution in [0.5, 0.6) is 0 Å². The first-order valence-electron chi connectivity index (χ1n) is 5.71. The van der Waals surface area contributed by atoms with Gasteiger partial charge in [-0.1, -0.05) is 13.3 Å². The molecule has 0 bridgehead atoms. The second kappa shape index (κ2) is 4.70. The van der Waals surface area contributed by atoms with E-state index in [1.165, 1.54) is 44.4 Å². The maximum Gasteiger partial charge on any atom is 0.0172 e. The molecule has 2 heteroatoms. The number of hydrogen-bond donors (Lipinski definition) is 1. The third kappa shape index (κ3) is 2.63. The summed E-state index contributed by atoms with van der Waals surface area (Å²) in [5, 5.41) is 4.68. The molecule has 1 heterocycles. The molecule has 1 nitrogen and oxygen atoms in total. The summed E-state index contributed by atoms with van der Waals surface area (Å²) >= 11 is 2.16. The average molecular weight is 199 g/mol. The molecule has 0 radical (unpaired) electrons. The molecule has 1 N–H and O–H groups in total. The van der Waals surface area contributed by atoms with E-state index in [9.17, 15) is 0 Å². The maximum atomic E-state index is 3.75. The van der Waals surface area contributed by atoms with Crippen molar-refractivity contribution < 1.29 is 0 Å². The predicted octanol–water partition coefficient (Wildman–Crippen LogP) is 2.66. The van der Waals surface area contributed by atoms with Crippen molar-refractivity contribution in [1.29, 1.82) is 0 Å². The minimum Gasteiger partial charge on any atom is -0.313 e. The number of rotatable bonds is 3. The van der Waals surface area contributed by atoms with Crippen molar-refractivity contribution in [2.45, 2.75) is 50.3 Å². The summed E-state index contributed by atoms with van der Waals surface area (Å²) < 4.78 is 0. The fraction of sp³-hybridized carbons (Fsp3) is 1.00. The lowest BCUT2D eigenvalue weighted by Gasteiger charge is -2.19. The Labute approximate surface area is 86.0 Å². The zero-order valence-electron chi connectivity index (χ0n) is 8.59. The van der Waals surface area contributed by atoms with Crippen molar-refractivity contribution >= 4 is 11.8 Å². The van der Waals surface area contributed by atoms with Crippen molar-refractivity contribution in [2.75, 3.05) is 12.3 Å². The van der Waals surface area contributed by atoms with Gasteiger partial charge in [0.2, 0.25) is 0 Å². The molecule has 1 aliphatic carbocycles. The van der Waals surface area contributed by atoms with Crippen molar-refractivity contribution in [3.63, 3.8) is 0 Å². The molecule has 13 heavy (non-hydrogen) atoms. The summed E-state index contributed by atoms with van der Waals surface area (Å²) in [5.74, 6) is 2.32. The molecule has 2 rings (SSSR count). The molecule has 3 unspecified atom stereocenters. The summed E-state index contributed by atoms with van der Waals surface area (Å²) in [5.41, 5.74) is 0. The molecule has 0 spiro atoms. The van der Waals surface area contributed by atoms with E-state index < -0.39 is 0 Å². The Bertz CT molecular complexity index is 154. The molecule has 76 valence electrons. The molecule has 0 aromatic carbocycles. The Balaban J connectivity index is 1.66. The highest BCUT2D eigenvalue weighted by molar-refractivity contribution is 8.00. The molecule has 1 saturated carbocycles. The van der Waals surface area contributed by atoms with Gasteiger partial charge < -0.3 is 5.32 Å². The van der Waals surface area contributed by atoms with Gasteiger partial charge in [0, 0.05) is 17.8 Å². The topological polar surface area (TPSA) is 12.0 Å². The van der Waals surface area contributed by atoms with E-state index in [1.54, 1.807) is 0 Å². The van der Waals surface area contributed by atoms with E-state index in [0.29, 0.717) is 0 Å². The Morgan fingerprint density at radius 1 is 1.23 bits per heavy atom. The normalized spacial score (nSPS) is 39.9. The van der Waals surface area contributed by atoms with E-state index >= 15 is 0 Å². The SMILES string of the molecule is CC1CCCC1NCC1CCCS1. The molecule has 2 fully saturated rings. The molecular weight excluding hydrogens is 178 g/mol. The van der Waals surface area contributed by atoms with E-state index in [1.807, 2.05) is 0 Å². The van der Waals surface area contributed by atoms with Gasteiger partial charge in [-0.2, -0.15) is 11.8 Å². The molecule has 1 aliphatic heterocycles. The van der Waals surface area contributed by atoms with Crippen LogP contribution in [0.15, 0.2) is 0 Å². The summed E-state index contributed by atoms with van der Waals surface area (Å²) in [6.07, 6.45) is 7.18. The first-order valence-corrected chi connectivity index (χ1v) is 6.76. The molecular formula is C11H21NS. The first-order chi connectivity index (χ1) is 6.36. The van der Waals surface area contributed by atoms with Crippen LogP contribution in [0, 0.1) is 5.92 Å². The van der Waals surface area contributed by atoms with Gasteiger partial charge in [-0.3, -0.25) is 0 Å². The molecule has 1 saturated heterocycles. The number of hydrogen-bond acceptors (Lipinski definition) is 2. The second-order valence-corrected chi connectivity index (χ2v) is 5.97. The second-order valence-electron chi connectivity index (χ2n) is 4.56. The smallest absolute Gasteiger partial charge is 0.0172 e. The van der Waals surface area contributed by atoms with Crippen LogP contribution in [0.3, 0.4) is 0 Å². The van der Waals surface area contributed by atoms with Crippen LogP contribution in [0.25, 0.3) is 0 Å². The monoisotopic (exact) mass is 199 g/mol. The Morgan fingerprint density at radius 2 is 2.15 bits per heavy atom. The minimum absolute atomic E-state index is 0.834. The lowest BCUT2D eigenvalue weighted by atomic mass is 10.1. The summed E-state index contributed by atoms with van der Waals surface area (Å²) in [4.78, 5) is 0. The number of nitrogens with one attached hydrogen (secondary N) is 1. The Hall–Kier alpha value is 0.310. The zero-order chi connectivity index (χ0) is 9.10. The highest BCUT2D eigenvalue weighted by Crippen LogP contribution is 2.28. The van der Waals surface area contributed by atoms with E-state index in [0.717, 1.165) is 17.2 Å². The molecule has 0 aromatic rings. The number of thioether (sulfide) groups is 1. The van der Waals surface area contributed by atoms with E-state index in [-0.39, 0.29) is 0 Å². The first kappa shape index (κ1) is 9.85. The lowest BCUT2D eigenvalue weighted by molar-refractivity contribution is 0.426. The van der Waals surface area contributed by atoms with Crippen molar-refractivity contribution in [2.24, 2.45) is 5.92 Å². The van der Waals surface area contributed by atoms with Gasteiger partial charge in [0.05, 0.1) is 0 Å². The van der Waals surface area contributed by atoms with Gasteiger partial charge in [-0.05, 0) is 37.4 Å². The van der Waals surface area contributed by atoms with Crippen LogP contribution in [0.2, 0.25) is 0 Å². The van der Waals surface area contributed by atoms with Gasteiger partial charge in [0.1, 0.15) is 0 Å². The molecule has 3 atom stereocenters. The summed E-state index contributed by atoms with van der Waals surface area (Å²) in [6.45, 7) is 3.66. The van der Waals surface area contributed by atoms with Crippen molar-refractivity contribution in [3.05, 3.63) is 0 Å². The third-order valence-electron chi connectivity index (χ3n) is 3.49. The van der Waals surface area contributed by atoms with Crippen LogP contribution in [0.1, 0.15) is 39.0 Å². The van der Waals surface area contributed by atoms with Crippen LogP contribution >= 0.6 is 11.8 Å². The molecule has 0 aromatic heterocycles. The highest BCUT2D eigenvalue weighted by atomic mass is 32.2. The van der Waals surface area contributed by atoms with Crippen LogP contribution < -0.4 is 5.32 Å². The summed E-state index contributed by atoms with van der Waals surface area (Å²) in [7, 11) is 0. The zero-order valence-corrected chi connectivity index (χ0v) is 9.41. The lowest BCUT2D eigenvalue weighted by Crippen LogP contribution is -2.35. The van der Waals surface area contributed by atoms with Crippen LogP contribution in [-0.4, -0.2) is 23.6 Å². The molecule has 2 aliphatic rings. The van der Waals surface area contributed by atoms with Gasteiger partial charge in [-0.15, -0.1) is 0 Å². The largest absolute Gasteiger partial charge is 0.313 e. The maximum absolute atomic E-state index is 3.75. The van der Waals surface area contributed by atoms with Crippen LogP contribution in [0.4, 0.5) is 0 Å². The van der Waals surface area contributed by atoms with E-state index in [2.05, 4.69) is 24.0 Å². The highest BCUT2D eigenvalue weighted by Gasteiger charge is 2.24. The van der Waals surface area contributed by atoms with Crippen molar-refractivity contribution in [3.8, 4) is 0 Å². The predicted molar refractivity (Wildman–Crippen MR) is 60.3 cm³/mol. The standard InChI is InChI=1S/C11H21NS/c1-9-4-2-6-11(9)12-8-10-5-3-7-13-10/h9-12H,2-8H2,1H3. The summed E-state index contributed by atoms with van der Waals surface area (Å²) in [6, 6.07) is 0.834. The van der Waals surface area contributed by atoms with Crippen molar-refractivity contribution in [1.82, 2.24) is 5.32 Å². The third-order valence-corrected chi connectivity index (χ3v) is 4.89. The quantitative estimate of drug-likeness (QED) is 0.750. The van der Waals surface area contributed by atoms with Gasteiger partial charge in [-0.25, -0.2) is 0 Å². The minimum atomic E-state index is 0.834. The van der Waals surface area contributed by atoms with Gasteiger partial charge in [0.15, 0.2) is 0 Å². The Morgan fingerprint density at radius 3 is 2.77 bits per heavy atom.